The summed E-state index contributed by atoms with van der Waals surface area (Å²) in [5, 5.41) is 17.4. The van der Waals surface area contributed by atoms with Gasteiger partial charge in [0.1, 0.15) is 5.75 Å². The highest BCUT2D eigenvalue weighted by Gasteiger charge is 2.04. The lowest BCUT2D eigenvalue weighted by Crippen LogP contribution is -2.13. The molecule has 0 bridgehead atoms. The monoisotopic (exact) mass is 281 g/mol. The van der Waals surface area contributed by atoms with E-state index in [4.69, 9.17) is 0 Å². The molecule has 1 heterocycles. The van der Waals surface area contributed by atoms with Crippen LogP contribution in [-0.4, -0.2) is 14.9 Å². The predicted octanol–water partition coefficient (Wildman–Crippen LogP) is 2.63. The first kappa shape index (κ1) is 15.5. The molecule has 2 rings (SSSR count). The van der Waals surface area contributed by atoms with Crippen molar-refractivity contribution in [1.82, 2.24) is 15.1 Å². The summed E-state index contributed by atoms with van der Waals surface area (Å²) in [6.45, 7) is 6.40. The summed E-state index contributed by atoms with van der Waals surface area (Å²) >= 11 is 0. The van der Waals surface area contributed by atoms with Crippen LogP contribution in [0, 0.1) is 6.92 Å². The minimum Gasteiger partial charge on any atom is -0.508 e. The molecule has 2 aromatic rings. The molecule has 0 amide bonds. The number of halogens is 1. The molecule has 0 fully saturated rings. The molecule has 0 radical (unpaired) electrons. The Morgan fingerprint density at radius 1 is 1.21 bits per heavy atom. The van der Waals surface area contributed by atoms with Crippen molar-refractivity contribution >= 4 is 12.4 Å². The number of benzene rings is 1. The highest BCUT2D eigenvalue weighted by molar-refractivity contribution is 5.85. The SMILES string of the molecule is CCn1cc(CNCc2ccccc2O)c(C)n1.Cl. The Kier molecular flexibility index (Phi) is 5.86. The number of aryl methyl sites for hydroxylation is 2. The van der Waals surface area contributed by atoms with E-state index in [-0.39, 0.29) is 12.4 Å². The summed E-state index contributed by atoms with van der Waals surface area (Å²) in [5.74, 6) is 0.339. The second kappa shape index (κ2) is 7.16. The van der Waals surface area contributed by atoms with Crippen molar-refractivity contribution in [3.05, 3.63) is 47.3 Å². The second-order valence-corrected chi connectivity index (χ2v) is 4.33. The van der Waals surface area contributed by atoms with Gasteiger partial charge in [-0.1, -0.05) is 18.2 Å². The maximum atomic E-state index is 9.65. The number of phenolic OH excluding ortho intramolecular Hbond substituents is 1. The molecule has 4 nitrogen and oxygen atoms in total. The highest BCUT2D eigenvalue weighted by Crippen LogP contribution is 2.15. The molecule has 0 aliphatic heterocycles. The fourth-order valence-corrected chi connectivity index (χ4v) is 1.89. The lowest BCUT2D eigenvalue weighted by atomic mass is 10.2. The van der Waals surface area contributed by atoms with E-state index < -0.39 is 0 Å². The third kappa shape index (κ3) is 3.98. The first-order valence-electron chi connectivity index (χ1n) is 6.21. The average Bonchev–Trinajstić information content (AvgIpc) is 2.73. The molecule has 104 valence electrons. The van der Waals surface area contributed by atoms with E-state index in [0.717, 1.165) is 24.3 Å². The summed E-state index contributed by atoms with van der Waals surface area (Å²) in [6, 6.07) is 7.38. The normalized spacial score (nSPS) is 10.2. The van der Waals surface area contributed by atoms with Gasteiger partial charge in [0.15, 0.2) is 0 Å². The van der Waals surface area contributed by atoms with Gasteiger partial charge in [-0.2, -0.15) is 5.10 Å². The van der Waals surface area contributed by atoms with Crippen LogP contribution in [0.25, 0.3) is 0 Å². The van der Waals surface area contributed by atoms with E-state index >= 15 is 0 Å². The van der Waals surface area contributed by atoms with Gasteiger partial charge < -0.3 is 10.4 Å². The summed E-state index contributed by atoms with van der Waals surface area (Å²) in [6.07, 6.45) is 2.06. The second-order valence-electron chi connectivity index (χ2n) is 4.33. The third-order valence-electron chi connectivity index (χ3n) is 2.99. The third-order valence-corrected chi connectivity index (χ3v) is 2.99. The van der Waals surface area contributed by atoms with E-state index in [0.29, 0.717) is 12.3 Å². The Morgan fingerprint density at radius 2 is 1.89 bits per heavy atom. The van der Waals surface area contributed by atoms with E-state index in [2.05, 4.69) is 23.5 Å². The van der Waals surface area contributed by atoms with Gasteiger partial charge in [-0.05, 0) is 19.9 Å². The lowest BCUT2D eigenvalue weighted by Gasteiger charge is -2.05. The summed E-state index contributed by atoms with van der Waals surface area (Å²) in [7, 11) is 0. The van der Waals surface area contributed by atoms with E-state index in [1.807, 2.05) is 29.8 Å². The Morgan fingerprint density at radius 3 is 2.53 bits per heavy atom. The maximum absolute atomic E-state index is 9.65. The number of aromatic hydroxyl groups is 1. The highest BCUT2D eigenvalue weighted by atomic mass is 35.5. The smallest absolute Gasteiger partial charge is 0.120 e. The Hall–Kier alpha value is -1.52. The number of aromatic nitrogens is 2. The van der Waals surface area contributed by atoms with Gasteiger partial charge in [0.25, 0.3) is 0 Å². The van der Waals surface area contributed by atoms with Crippen molar-refractivity contribution in [2.24, 2.45) is 0 Å². The molecule has 1 aromatic heterocycles. The van der Waals surface area contributed by atoms with Crippen molar-refractivity contribution in [2.75, 3.05) is 0 Å². The van der Waals surface area contributed by atoms with Crippen molar-refractivity contribution in [2.45, 2.75) is 33.5 Å². The molecule has 0 aliphatic rings. The van der Waals surface area contributed by atoms with Crippen LogP contribution in [-0.2, 0) is 19.6 Å². The topological polar surface area (TPSA) is 50.1 Å². The molecule has 0 spiro atoms. The minimum atomic E-state index is 0. The number of phenols is 1. The standard InChI is InChI=1S/C14H19N3O.ClH/c1-3-17-10-13(11(2)16-17)9-15-8-12-6-4-5-7-14(12)18;/h4-7,10,15,18H,3,8-9H2,1-2H3;1H. The molecule has 0 saturated heterocycles. The largest absolute Gasteiger partial charge is 0.508 e. The predicted molar refractivity (Wildman–Crippen MR) is 78.5 cm³/mol. The number of para-hydroxylation sites is 1. The Labute approximate surface area is 119 Å². The number of nitrogens with zero attached hydrogens (tertiary/aromatic N) is 2. The van der Waals surface area contributed by atoms with Crippen LogP contribution in [0.1, 0.15) is 23.7 Å². The summed E-state index contributed by atoms with van der Waals surface area (Å²) in [5.41, 5.74) is 3.17. The van der Waals surface area contributed by atoms with E-state index in [1.165, 1.54) is 5.56 Å². The zero-order valence-electron chi connectivity index (χ0n) is 11.3. The zero-order valence-corrected chi connectivity index (χ0v) is 12.1. The molecule has 1 aromatic carbocycles. The van der Waals surface area contributed by atoms with Crippen LogP contribution in [0.4, 0.5) is 0 Å². The number of hydrogen-bond acceptors (Lipinski definition) is 3. The van der Waals surface area contributed by atoms with Crippen LogP contribution in [0.15, 0.2) is 30.5 Å². The van der Waals surface area contributed by atoms with Gasteiger partial charge in [-0.25, -0.2) is 0 Å². The molecule has 0 saturated carbocycles. The van der Waals surface area contributed by atoms with Crippen molar-refractivity contribution in [3.63, 3.8) is 0 Å². The van der Waals surface area contributed by atoms with Crippen LogP contribution in [0.2, 0.25) is 0 Å². The molecule has 0 atom stereocenters. The van der Waals surface area contributed by atoms with Gasteiger partial charge in [0, 0.05) is 37.0 Å². The molecular weight excluding hydrogens is 262 g/mol. The van der Waals surface area contributed by atoms with Crippen LogP contribution in [0.3, 0.4) is 0 Å². The molecule has 0 unspecified atom stereocenters. The molecule has 2 N–H and O–H groups in total. The van der Waals surface area contributed by atoms with Crippen molar-refractivity contribution < 1.29 is 5.11 Å². The Balaban J connectivity index is 0.00000180. The van der Waals surface area contributed by atoms with Crippen LogP contribution >= 0.6 is 12.4 Å². The molecule has 0 aliphatic carbocycles. The van der Waals surface area contributed by atoms with Crippen LogP contribution < -0.4 is 5.32 Å². The van der Waals surface area contributed by atoms with Gasteiger partial charge in [0.2, 0.25) is 0 Å². The first-order valence-corrected chi connectivity index (χ1v) is 6.21. The molecule has 19 heavy (non-hydrogen) atoms. The van der Waals surface area contributed by atoms with E-state index in [1.54, 1.807) is 6.07 Å². The first-order chi connectivity index (χ1) is 8.70. The van der Waals surface area contributed by atoms with E-state index in [9.17, 15) is 5.11 Å². The van der Waals surface area contributed by atoms with Gasteiger partial charge in [-0.15, -0.1) is 12.4 Å². The molecular formula is C14H20ClN3O. The quantitative estimate of drug-likeness (QED) is 0.886. The maximum Gasteiger partial charge on any atom is 0.120 e. The lowest BCUT2D eigenvalue weighted by molar-refractivity contribution is 0.464. The van der Waals surface area contributed by atoms with Crippen molar-refractivity contribution in [1.29, 1.82) is 0 Å². The zero-order chi connectivity index (χ0) is 13.0. The number of nitrogens with one attached hydrogen (secondary N) is 1. The fraction of sp³-hybridized carbons (Fsp3) is 0.357. The van der Waals surface area contributed by atoms with Gasteiger partial charge in [-0.3, -0.25) is 4.68 Å². The number of rotatable bonds is 5. The molecule has 5 heteroatoms. The fourth-order valence-electron chi connectivity index (χ4n) is 1.89. The van der Waals surface area contributed by atoms with Crippen molar-refractivity contribution in [3.8, 4) is 5.75 Å². The Bertz CT molecular complexity index is 525. The van der Waals surface area contributed by atoms with Crippen LogP contribution in [0.5, 0.6) is 5.75 Å². The van der Waals surface area contributed by atoms with Gasteiger partial charge in [0.05, 0.1) is 5.69 Å². The minimum absolute atomic E-state index is 0. The summed E-state index contributed by atoms with van der Waals surface area (Å²) < 4.78 is 1.94. The summed E-state index contributed by atoms with van der Waals surface area (Å²) in [4.78, 5) is 0. The number of hydrogen-bond donors (Lipinski definition) is 2. The average molecular weight is 282 g/mol. The van der Waals surface area contributed by atoms with Gasteiger partial charge >= 0.3 is 0 Å².